The molecule has 0 saturated carbocycles. The molecule has 1 atom stereocenters. The number of piperidine rings is 1. The van der Waals surface area contributed by atoms with Crippen molar-refractivity contribution in [2.24, 2.45) is 0 Å². The molecule has 0 aliphatic carbocycles. The van der Waals surface area contributed by atoms with E-state index in [1.807, 2.05) is 48.2 Å². The molecule has 21 heavy (non-hydrogen) atoms. The normalized spacial score (nSPS) is 18.4. The van der Waals surface area contributed by atoms with Gasteiger partial charge >= 0.3 is 6.03 Å². The molecule has 1 aliphatic rings. The summed E-state index contributed by atoms with van der Waals surface area (Å²) in [7, 11) is 3.97. The number of benzene rings is 1. The van der Waals surface area contributed by atoms with Gasteiger partial charge in [-0.1, -0.05) is 0 Å². The van der Waals surface area contributed by atoms with Crippen molar-refractivity contribution in [3.05, 3.63) is 24.3 Å². The van der Waals surface area contributed by atoms with E-state index in [0.717, 1.165) is 37.2 Å². The van der Waals surface area contributed by atoms with E-state index in [9.17, 15) is 4.79 Å². The Balaban J connectivity index is 1.99. The minimum atomic E-state index is -0.0641. The summed E-state index contributed by atoms with van der Waals surface area (Å²) >= 11 is 0. The molecule has 1 aliphatic heterocycles. The predicted molar refractivity (Wildman–Crippen MR) is 85.8 cm³/mol. The van der Waals surface area contributed by atoms with Crippen molar-refractivity contribution in [3.8, 4) is 0 Å². The Morgan fingerprint density at radius 2 is 2.05 bits per heavy atom. The fraction of sp³-hybridized carbons (Fsp3) is 0.562. The predicted octanol–water partition coefficient (Wildman–Crippen LogP) is 2.52. The molecule has 1 unspecified atom stereocenters. The van der Waals surface area contributed by atoms with Crippen molar-refractivity contribution >= 4 is 17.4 Å². The summed E-state index contributed by atoms with van der Waals surface area (Å²) in [4.78, 5) is 16.3. The van der Waals surface area contributed by atoms with Crippen LogP contribution in [0.25, 0.3) is 0 Å². The summed E-state index contributed by atoms with van der Waals surface area (Å²) < 4.78 is 0. The summed E-state index contributed by atoms with van der Waals surface area (Å²) in [5, 5.41) is 12.1. The second-order valence-corrected chi connectivity index (χ2v) is 5.73. The minimum absolute atomic E-state index is 0.0641. The van der Waals surface area contributed by atoms with Crippen LogP contribution < -0.4 is 10.2 Å². The van der Waals surface area contributed by atoms with Crippen LogP contribution in [0.1, 0.15) is 25.7 Å². The third-order valence-corrected chi connectivity index (χ3v) is 3.99. The molecule has 1 aromatic carbocycles. The highest BCUT2D eigenvalue weighted by Gasteiger charge is 2.26. The highest BCUT2D eigenvalue weighted by molar-refractivity contribution is 5.89. The number of amides is 2. The van der Waals surface area contributed by atoms with E-state index in [0.29, 0.717) is 6.42 Å². The number of anilines is 2. The molecule has 0 radical (unpaired) electrons. The number of nitrogens with one attached hydrogen (secondary N) is 1. The van der Waals surface area contributed by atoms with Crippen molar-refractivity contribution in [2.45, 2.75) is 31.7 Å². The number of carbonyl (C=O) groups excluding carboxylic acids is 1. The highest BCUT2D eigenvalue weighted by Crippen LogP contribution is 2.21. The summed E-state index contributed by atoms with van der Waals surface area (Å²) in [5.41, 5.74) is 1.91. The van der Waals surface area contributed by atoms with Gasteiger partial charge in [-0.05, 0) is 49.9 Å². The summed E-state index contributed by atoms with van der Waals surface area (Å²) in [6, 6.07) is 7.89. The monoisotopic (exact) mass is 291 g/mol. The van der Waals surface area contributed by atoms with Crippen molar-refractivity contribution in [1.82, 2.24) is 4.90 Å². The molecule has 5 nitrogen and oxygen atoms in total. The van der Waals surface area contributed by atoms with Crippen LogP contribution in [0.5, 0.6) is 0 Å². The molecule has 1 aromatic rings. The average molecular weight is 291 g/mol. The first-order chi connectivity index (χ1) is 10.1. The van der Waals surface area contributed by atoms with E-state index in [-0.39, 0.29) is 18.7 Å². The molecule has 1 heterocycles. The fourth-order valence-corrected chi connectivity index (χ4v) is 2.76. The maximum Gasteiger partial charge on any atom is 0.322 e. The second-order valence-electron chi connectivity index (χ2n) is 5.73. The standard InChI is InChI=1S/C16H25N3O2/c1-18(2)14-8-6-13(7-9-14)17-16(21)19-11-4-3-5-15(19)10-12-20/h6-9,15,20H,3-5,10-12H2,1-2H3,(H,17,21). The van der Waals surface area contributed by atoms with Gasteiger partial charge in [-0.3, -0.25) is 0 Å². The van der Waals surface area contributed by atoms with Gasteiger partial charge in [0, 0.05) is 44.7 Å². The van der Waals surface area contributed by atoms with Gasteiger partial charge in [0.15, 0.2) is 0 Å². The first-order valence-corrected chi connectivity index (χ1v) is 7.57. The lowest BCUT2D eigenvalue weighted by Gasteiger charge is -2.35. The van der Waals surface area contributed by atoms with Gasteiger partial charge in [-0.2, -0.15) is 0 Å². The number of rotatable bonds is 4. The smallest absolute Gasteiger partial charge is 0.322 e. The number of urea groups is 1. The van der Waals surface area contributed by atoms with Crippen LogP contribution in [-0.2, 0) is 0 Å². The fourth-order valence-electron chi connectivity index (χ4n) is 2.76. The van der Waals surface area contributed by atoms with Crippen molar-refractivity contribution in [3.63, 3.8) is 0 Å². The van der Waals surface area contributed by atoms with E-state index in [4.69, 9.17) is 5.11 Å². The van der Waals surface area contributed by atoms with Gasteiger partial charge in [-0.15, -0.1) is 0 Å². The third-order valence-electron chi connectivity index (χ3n) is 3.99. The van der Waals surface area contributed by atoms with E-state index in [2.05, 4.69) is 5.32 Å². The molecule has 2 rings (SSSR count). The zero-order valence-corrected chi connectivity index (χ0v) is 12.9. The number of hydrogen-bond acceptors (Lipinski definition) is 3. The van der Waals surface area contributed by atoms with Crippen LogP contribution >= 0.6 is 0 Å². The molecule has 0 spiro atoms. The molecule has 1 saturated heterocycles. The first kappa shape index (κ1) is 15.6. The van der Waals surface area contributed by atoms with Gasteiger partial charge in [0.05, 0.1) is 0 Å². The van der Waals surface area contributed by atoms with Crippen molar-refractivity contribution in [1.29, 1.82) is 0 Å². The minimum Gasteiger partial charge on any atom is -0.396 e. The Bertz CT molecular complexity index is 457. The SMILES string of the molecule is CN(C)c1ccc(NC(=O)N2CCCCC2CCO)cc1. The summed E-state index contributed by atoms with van der Waals surface area (Å²) in [6.45, 7) is 0.901. The van der Waals surface area contributed by atoms with Crippen LogP contribution in [0, 0.1) is 0 Å². The van der Waals surface area contributed by atoms with Crippen LogP contribution in [0.3, 0.4) is 0 Å². The lowest BCUT2D eigenvalue weighted by Crippen LogP contribution is -2.46. The lowest BCUT2D eigenvalue weighted by molar-refractivity contribution is 0.141. The Labute approximate surface area is 126 Å². The van der Waals surface area contributed by atoms with E-state index < -0.39 is 0 Å². The zero-order chi connectivity index (χ0) is 15.2. The summed E-state index contributed by atoms with van der Waals surface area (Å²) in [5.74, 6) is 0. The number of hydrogen-bond donors (Lipinski definition) is 2. The Morgan fingerprint density at radius 3 is 2.67 bits per heavy atom. The number of carbonyl (C=O) groups is 1. The zero-order valence-electron chi connectivity index (χ0n) is 12.9. The van der Waals surface area contributed by atoms with Gasteiger partial charge in [0.25, 0.3) is 0 Å². The van der Waals surface area contributed by atoms with Crippen LogP contribution in [0.15, 0.2) is 24.3 Å². The Hall–Kier alpha value is -1.75. The van der Waals surface area contributed by atoms with Crippen LogP contribution in [0.2, 0.25) is 0 Å². The largest absolute Gasteiger partial charge is 0.396 e. The topological polar surface area (TPSA) is 55.8 Å². The molecular formula is C16H25N3O2. The van der Waals surface area contributed by atoms with Gasteiger partial charge in [0.2, 0.25) is 0 Å². The molecule has 1 fully saturated rings. The number of aliphatic hydroxyl groups is 1. The van der Waals surface area contributed by atoms with Crippen LogP contribution in [0.4, 0.5) is 16.2 Å². The second kappa shape index (κ2) is 7.31. The lowest BCUT2D eigenvalue weighted by atomic mass is 10.0. The van der Waals surface area contributed by atoms with Gasteiger partial charge in [-0.25, -0.2) is 4.79 Å². The van der Waals surface area contributed by atoms with Crippen LogP contribution in [-0.4, -0.2) is 49.3 Å². The molecule has 5 heteroatoms. The molecule has 0 aromatic heterocycles. The average Bonchev–Trinajstić information content (AvgIpc) is 2.48. The van der Waals surface area contributed by atoms with E-state index in [1.165, 1.54) is 0 Å². The third kappa shape index (κ3) is 4.11. The Morgan fingerprint density at radius 1 is 1.33 bits per heavy atom. The van der Waals surface area contributed by atoms with Gasteiger partial charge in [0.1, 0.15) is 0 Å². The Kier molecular flexibility index (Phi) is 5.44. The van der Waals surface area contributed by atoms with Crippen molar-refractivity contribution < 1.29 is 9.90 Å². The number of aliphatic hydroxyl groups excluding tert-OH is 1. The first-order valence-electron chi connectivity index (χ1n) is 7.57. The molecule has 2 N–H and O–H groups in total. The molecule has 0 bridgehead atoms. The summed E-state index contributed by atoms with van der Waals surface area (Å²) in [6.07, 6.45) is 3.81. The molecule has 116 valence electrons. The number of likely N-dealkylation sites (tertiary alicyclic amines) is 1. The highest BCUT2D eigenvalue weighted by atomic mass is 16.3. The van der Waals surface area contributed by atoms with Gasteiger partial charge < -0.3 is 20.2 Å². The van der Waals surface area contributed by atoms with Crippen molar-refractivity contribution in [2.75, 3.05) is 37.5 Å². The van der Waals surface area contributed by atoms with E-state index >= 15 is 0 Å². The number of nitrogens with zero attached hydrogens (tertiary/aromatic N) is 2. The van der Waals surface area contributed by atoms with E-state index in [1.54, 1.807) is 0 Å². The maximum absolute atomic E-state index is 12.4. The maximum atomic E-state index is 12.4. The quantitative estimate of drug-likeness (QED) is 0.896. The molecular weight excluding hydrogens is 266 g/mol. The molecule has 2 amide bonds.